The summed E-state index contributed by atoms with van der Waals surface area (Å²) in [4.78, 5) is 16.1. The van der Waals surface area contributed by atoms with E-state index in [0.29, 0.717) is 11.4 Å². The summed E-state index contributed by atoms with van der Waals surface area (Å²) >= 11 is 0. The second-order valence-corrected chi connectivity index (χ2v) is 4.75. The van der Waals surface area contributed by atoms with E-state index < -0.39 is 5.97 Å². The lowest BCUT2D eigenvalue weighted by Gasteiger charge is -2.07. The summed E-state index contributed by atoms with van der Waals surface area (Å²) in [5, 5.41) is 0. The van der Waals surface area contributed by atoms with Crippen LogP contribution >= 0.6 is 0 Å². The molecule has 2 heterocycles. The third-order valence-corrected chi connectivity index (χ3v) is 3.22. The number of carbonyl (C=O) groups excluding carboxylic acids is 1. The first-order valence-electron chi connectivity index (χ1n) is 7.14. The molecule has 0 amide bonds. The van der Waals surface area contributed by atoms with Crippen LogP contribution in [0, 0.1) is 0 Å². The molecule has 0 N–H and O–H groups in total. The molecule has 0 spiro atoms. The molecule has 0 aliphatic heterocycles. The number of fused-ring (bicyclic) bond motifs is 1. The van der Waals surface area contributed by atoms with E-state index >= 15 is 0 Å². The van der Waals surface area contributed by atoms with Gasteiger partial charge in [0.25, 0.3) is 0 Å². The van der Waals surface area contributed by atoms with Crippen molar-refractivity contribution in [1.29, 1.82) is 0 Å². The maximum absolute atomic E-state index is 11.9. The van der Waals surface area contributed by atoms with Crippen molar-refractivity contribution in [2.45, 2.75) is 0 Å². The fourth-order valence-electron chi connectivity index (χ4n) is 2.07. The molecule has 0 aliphatic carbocycles. The highest BCUT2D eigenvalue weighted by molar-refractivity contribution is 5.87. The van der Waals surface area contributed by atoms with Crippen molar-refractivity contribution in [3.8, 4) is 11.5 Å². The SMILES string of the molecule is COc1ccc(OCCOC(=O)c2cn3ccccc3n2)cc1. The summed E-state index contributed by atoms with van der Waals surface area (Å²) in [6, 6.07) is 12.7. The number of imidazole rings is 1. The van der Waals surface area contributed by atoms with Crippen molar-refractivity contribution in [3.05, 3.63) is 60.6 Å². The highest BCUT2D eigenvalue weighted by Crippen LogP contribution is 2.16. The van der Waals surface area contributed by atoms with Crippen LogP contribution in [0.3, 0.4) is 0 Å². The van der Waals surface area contributed by atoms with E-state index in [-0.39, 0.29) is 18.9 Å². The van der Waals surface area contributed by atoms with Crippen LogP contribution in [-0.2, 0) is 4.74 Å². The van der Waals surface area contributed by atoms with Gasteiger partial charge < -0.3 is 18.6 Å². The van der Waals surface area contributed by atoms with Crippen molar-refractivity contribution >= 4 is 11.6 Å². The van der Waals surface area contributed by atoms with Gasteiger partial charge in [0.2, 0.25) is 0 Å². The Morgan fingerprint density at radius 2 is 1.87 bits per heavy atom. The van der Waals surface area contributed by atoms with Gasteiger partial charge in [0.1, 0.15) is 30.4 Å². The van der Waals surface area contributed by atoms with Gasteiger partial charge in [-0.3, -0.25) is 0 Å². The van der Waals surface area contributed by atoms with Crippen molar-refractivity contribution in [2.75, 3.05) is 20.3 Å². The Labute approximate surface area is 133 Å². The van der Waals surface area contributed by atoms with Gasteiger partial charge in [0.05, 0.1) is 7.11 Å². The van der Waals surface area contributed by atoms with Crippen LogP contribution in [0.2, 0.25) is 0 Å². The molecule has 6 heteroatoms. The molecule has 0 bridgehead atoms. The van der Waals surface area contributed by atoms with E-state index in [9.17, 15) is 4.79 Å². The van der Waals surface area contributed by atoms with Gasteiger partial charge in [-0.25, -0.2) is 9.78 Å². The number of benzene rings is 1. The van der Waals surface area contributed by atoms with Crippen molar-refractivity contribution in [1.82, 2.24) is 9.38 Å². The third-order valence-electron chi connectivity index (χ3n) is 3.22. The smallest absolute Gasteiger partial charge is 0.358 e. The lowest BCUT2D eigenvalue weighted by atomic mass is 10.3. The Hall–Kier alpha value is -3.02. The molecule has 0 unspecified atom stereocenters. The Kier molecular flexibility index (Phi) is 4.42. The fourth-order valence-corrected chi connectivity index (χ4v) is 2.07. The summed E-state index contributed by atoms with van der Waals surface area (Å²) in [5.74, 6) is 0.984. The first-order chi connectivity index (χ1) is 11.3. The Bertz CT molecular complexity index is 763. The number of methoxy groups -OCH3 is 1. The minimum absolute atomic E-state index is 0.152. The predicted molar refractivity (Wildman–Crippen MR) is 84.0 cm³/mol. The molecule has 1 aromatic carbocycles. The van der Waals surface area contributed by atoms with Crippen molar-refractivity contribution in [2.24, 2.45) is 0 Å². The molecule has 0 fully saturated rings. The van der Waals surface area contributed by atoms with Crippen LogP contribution in [-0.4, -0.2) is 35.7 Å². The van der Waals surface area contributed by atoms with Crippen LogP contribution < -0.4 is 9.47 Å². The summed E-state index contributed by atoms with van der Waals surface area (Å²) in [5.41, 5.74) is 0.981. The number of hydrogen-bond donors (Lipinski definition) is 0. The number of rotatable bonds is 6. The van der Waals surface area contributed by atoms with E-state index in [1.807, 2.05) is 24.4 Å². The van der Waals surface area contributed by atoms with E-state index in [1.54, 1.807) is 42.0 Å². The zero-order valence-electron chi connectivity index (χ0n) is 12.6. The first-order valence-corrected chi connectivity index (χ1v) is 7.14. The second-order valence-electron chi connectivity index (χ2n) is 4.75. The highest BCUT2D eigenvalue weighted by atomic mass is 16.6. The topological polar surface area (TPSA) is 62.1 Å². The average Bonchev–Trinajstić information content (AvgIpc) is 3.03. The van der Waals surface area contributed by atoms with Gasteiger partial charge in [0.15, 0.2) is 5.69 Å². The molecule has 6 nitrogen and oxygen atoms in total. The number of nitrogens with zero attached hydrogens (tertiary/aromatic N) is 2. The standard InChI is InChI=1S/C17H16N2O4/c1-21-13-5-7-14(8-6-13)22-10-11-23-17(20)15-12-19-9-3-2-4-16(19)18-15/h2-9,12H,10-11H2,1H3. The summed E-state index contributed by atoms with van der Waals surface area (Å²) < 4.78 is 17.5. The first kappa shape index (κ1) is 14.9. The summed E-state index contributed by atoms with van der Waals surface area (Å²) in [6.45, 7) is 0.421. The molecule has 0 saturated carbocycles. The molecule has 23 heavy (non-hydrogen) atoms. The van der Waals surface area contributed by atoms with Crippen LogP contribution in [0.4, 0.5) is 0 Å². The molecule has 3 rings (SSSR count). The largest absolute Gasteiger partial charge is 0.497 e. The lowest BCUT2D eigenvalue weighted by Crippen LogP contribution is -2.12. The molecule has 0 aliphatic rings. The molecule has 0 atom stereocenters. The Morgan fingerprint density at radius 3 is 2.61 bits per heavy atom. The lowest BCUT2D eigenvalue weighted by molar-refractivity contribution is 0.0444. The summed E-state index contributed by atoms with van der Waals surface area (Å²) in [7, 11) is 1.61. The molecular formula is C17H16N2O4. The minimum atomic E-state index is -0.466. The molecule has 2 aromatic heterocycles. The second kappa shape index (κ2) is 6.83. The van der Waals surface area contributed by atoms with Crippen molar-refractivity contribution in [3.63, 3.8) is 0 Å². The maximum atomic E-state index is 11.9. The van der Waals surface area contributed by atoms with Gasteiger partial charge in [0, 0.05) is 12.4 Å². The Balaban J connectivity index is 1.48. The number of hydrogen-bond acceptors (Lipinski definition) is 5. The van der Waals surface area contributed by atoms with E-state index in [4.69, 9.17) is 14.2 Å². The average molecular weight is 312 g/mol. The number of esters is 1. The fraction of sp³-hybridized carbons (Fsp3) is 0.176. The number of ether oxygens (including phenoxy) is 3. The highest BCUT2D eigenvalue weighted by Gasteiger charge is 2.11. The minimum Gasteiger partial charge on any atom is -0.497 e. The van der Waals surface area contributed by atoms with Crippen molar-refractivity contribution < 1.29 is 19.0 Å². The Morgan fingerprint density at radius 1 is 1.09 bits per heavy atom. The van der Waals surface area contributed by atoms with Gasteiger partial charge in [-0.1, -0.05) is 6.07 Å². The van der Waals surface area contributed by atoms with Gasteiger partial charge in [-0.05, 0) is 36.4 Å². The number of carbonyl (C=O) groups is 1. The number of pyridine rings is 1. The molecule has 118 valence electrons. The van der Waals surface area contributed by atoms with Crippen LogP contribution in [0.15, 0.2) is 54.9 Å². The summed E-state index contributed by atoms with van der Waals surface area (Å²) in [6.07, 6.45) is 3.47. The van der Waals surface area contributed by atoms with Gasteiger partial charge in [-0.2, -0.15) is 0 Å². The van der Waals surface area contributed by atoms with E-state index in [1.165, 1.54) is 0 Å². The van der Waals surface area contributed by atoms with E-state index in [2.05, 4.69) is 4.98 Å². The molecule has 3 aromatic rings. The van der Waals surface area contributed by atoms with Gasteiger partial charge in [-0.15, -0.1) is 0 Å². The quantitative estimate of drug-likeness (QED) is 0.517. The van der Waals surface area contributed by atoms with E-state index in [0.717, 1.165) is 5.75 Å². The zero-order valence-corrected chi connectivity index (χ0v) is 12.6. The zero-order chi connectivity index (χ0) is 16.1. The van der Waals surface area contributed by atoms with Crippen LogP contribution in [0.5, 0.6) is 11.5 Å². The number of aromatic nitrogens is 2. The molecular weight excluding hydrogens is 296 g/mol. The monoisotopic (exact) mass is 312 g/mol. The predicted octanol–water partition coefficient (Wildman–Crippen LogP) is 2.58. The van der Waals surface area contributed by atoms with Crippen LogP contribution in [0.1, 0.15) is 10.5 Å². The maximum Gasteiger partial charge on any atom is 0.358 e. The molecule has 0 saturated heterocycles. The molecule has 0 radical (unpaired) electrons. The normalized spacial score (nSPS) is 10.5. The third kappa shape index (κ3) is 3.60. The van der Waals surface area contributed by atoms with Crippen LogP contribution in [0.25, 0.3) is 5.65 Å². The van der Waals surface area contributed by atoms with Gasteiger partial charge >= 0.3 is 5.97 Å².